The molecule has 4 heteroatoms. The van der Waals surface area contributed by atoms with Crippen molar-refractivity contribution in [3.63, 3.8) is 0 Å². The Hall–Kier alpha value is -1.30. The van der Waals surface area contributed by atoms with Gasteiger partial charge in [-0.15, -0.1) is 0 Å². The van der Waals surface area contributed by atoms with Crippen molar-refractivity contribution < 1.29 is 9.90 Å². The predicted molar refractivity (Wildman–Crippen MR) is 79.4 cm³/mol. The summed E-state index contributed by atoms with van der Waals surface area (Å²) in [5.74, 6) is -0.855. The van der Waals surface area contributed by atoms with Gasteiger partial charge < -0.3 is 10.4 Å². The number of hydrogen-bond donors (Lipinski definition) is 2. The molecule has 0 amide bonds. The molecule has 1 atom stereocenters. The molecule has 0 saturated heterocycles. The third-order valence-electron chi connectivity index (χ3n) is 2.80. The van der Waals surface area contributed by atoms with Gasteiger partial charge in [0, 0.05) is 12.1 Å². The van der Waals surface area contributed by atoms with Gasteiger partial charge in [-0.1, -0.05) is 42.5 Å². The van der Waals surface area contributed by atoms with Crippen molar-refractivity contribution in [2.24, 2.45) is 0 Å². The zero-order valence-electron chi connectivity index (χ0n) is 9.77. The predicted octanol–water partition coefficient (Wildman–Crippen LogP) is 3.40. The number of benzene rings is 1. The van der Waals surface area contributed by atoms with Gasteiger partial charge in [-0.3, -0.25) is 0 Å². The number of nitrogens with one attached hydrogen (secondary N) is 1. The van der Waals surface area contributed by atoms with Crippen LogP contribution in [0.2, 0.25) is 0 Å². The lowest BCUT2D eigenvalue weighted by Gasteiger charge is -2.20. The first-order chi connectivity index (χ1) is 8.66. The first-order valence-corrected chi connectivity index (χ1v) is 6.82. The Bertz CT molecular complexity index is 494. The Labute approximate surface area is 120 Å². The highest BCUT2D eigenvalue weighted by Gasteiger charge is 2.20. The smallest absolute Gasteiger partial charge is 0.330 e. The lowest BCUT2D eigenvalue weighted by molar-refractivity contribution is -0.139. The van der Waals surface area contributed by atoms with Crippen molar-refractivity contribution in [2.45, 2.75) is 18.9 Å². The van der Waals surface area contributed by atoms with Crippen molar-refractivity contribution in [3.05, 3.63) is 57.3 Å². The largest absolute Gasteiger partial charge is 0.479 e. The van der Waals surface area contributed by atoms with Gasteiger partial charge in [0.1, 0.15) is 6.04 Å². The fraction of sp³-hybridized carbons (Fsp3) is 0.214. The normalized spacial score (nSPS) is 16.5. The number of allylic oxidation sites excluding steroid dienone is 3. The minimum Gasteiger partial charge on any atom is -0.479 e. The molecule has 0 aromatic heterocycles. The monoisotopic (exact) mass is 355 g/mol. The van der Waals surface area contributed by atoms with Gasteiger partial charge in [0.15, 0.2) is 0 Å². The van der Waals surface area contributed by atoms with Crippen LogP contribution in [0.15, 0.2) is 51.8 Å². The summed E-state index contributed by atoms with van der Waals surface area (Å²) in [5.41, 5.74) is 1.75. The molecule has 1 aromatic rings. The molecule has 0 heterocycles. The van der Waals surface area contributed by atoms with Crippen molar-refractivity contribution in [3.8, 4) is 0 Å². The maximum atomic E-state index is 11.3. The lowest BCUT2D eigenvalue weighted by Crippen LogP contribution is -2.28. The van der Waals surface area contributed by atoms with Crippen LogP contribution < -0.4 is 5.32 Å². The zero-order valence-corrected chi connectivity index (χ0v) is 11.9. The molecule has 2 rings (SSSR count). The van der Waals surface area contributed by atoms with E-state index in [1.807, 2.05) is 30.3 Å². The van der Waals surface area contributed by atoms with Gasteiger partial charge >= 0.3 is 5.97 Å². The third-order valence-corrected chi connectivity index (χ3v) is 3.68. The minimum absolute atomic E-state index is 0.679. The molecule has 18 heavy (non-hydrogen) atoms. The van der Waals surface area contributed by atoms with E-state index in [2.05, 4.69) is 40.1 Å². The van der Waals surface area contributed by atoms with Gasteiger partial charge in [0.05, 0.1) is 0 Å². The molecule has 1 unspecified atom stereocenters. The summed E-state index contributed by atoms with van der Waals surface area (Å²) < 4.78 is 1.30. The molecule has 0 saturated carbocycles. The molecule has 94 valence electrons. The van der Waals surface area contributed by atoms with Crippen LogP contribution in [0.3, 0.4) is 0 Å². The summed E-state index contributed by atoms with van der Waals surface area (Å²) in [6.45, 7) is 0. The van der Waals surface area contributed by atoms with Crippen molar-refractivity contribution in [2.75, 3.05) is 0 Å². The Morgan fingerprint density at radius 2 is 1.94 bits per heavy atom. The van der Waals surface area contributed by atoms with E-state index in [4.69, 9.17) is 0 Å². The highest BCUT2D eigenvalue weighted by molar-refractivity contribution is 14.1. The van der Waals surface area contributed by atoms with Crippen LogP contribution in [-0.2, 0) is 4.79 Å². The van der Waals surface area contributed by atoms with E-state index >= 15 is 0 Å². The molecular weight excluding hydrogens is 341 g/mol. The van der Waals surface area contributed by atoms with E-state index in [1.54, 1.807) is 0 Å². The maximum Gasteiger partial charge on any atom is 0.330 e. The standard InChI is InChI=1S/C14H14INO2/c15-11-6-8-12(9-7-11)16-13(14(17)18)10-4-2-1-3-5-10/h1-6,9,13,16H,7-8H2,(H,17,18). The van der Waals surface area contributed by atoms with Gasteiger partial charge in [-0.25, -0.2) is 4.79 Å². The molecule has 2 N–H and O–H groups in total. The molecule has 0 radical (unpaired) electrons. The van der Waals surface area contributed by atoms with Crippen LogP contribution >= 0.6 is 22.6 Å². The van der Waals surface area contributed by atoms with E-state index in [1.165, 1.54) is 3.58 Å². The number of halogens is 1. The number of carboxylic acid groups (broad SMARTS) is 1. The van der Waals surface area contributed by atoms with E-state index < -0.39 is 12.0 Å². The molecule has 0 spiro atoms. The van der Waals surface area contributed by atoms with Crippen LogP contribution in [0, 0.1) is 0 Å². The zero-order chi connectivity index (χ0) is 13.0. The second-order valence-electron chi connectivity index (χ2n) is 4.11. The number of carbonyl (C=O) groups is 1. The highest BCUT2D eigenvalue weighted by Crippen LogP contribution is 2.23. The number of rotatable bonds is 4. The molecule has 0 bridgehead atoms. The number of carboxylic acids is 1. The summed E-state index contributed by atoms with van der Waals surface area (Å²) in [4.78, 5) is 11.3. The van der Waals surface area contributed by atoms with Crippen molar-refractivity contribution in [1.29, 1.82) is 0 Å². The van der Waals surface area contributed by atoms with Crippen LogP contribution in [0.5, 0.6) is 0 Å². The molecule has 0 fully saturated rings. The molecule has 1 aliphatic rings. The molecule has 3 nitrogen and oxygen atoms in total. The second-order valence-corrected chi connectivity index (χ2v) is 5.50. The summed E-state index contributed by atoms with van der Waals surface area (Å²) >= 11 is 2.30. The average Bonchev–Trinajstić information content (AvgIpc) is 2.38. The fourth-order valence-electron chi connectivity index (χ4n) is 1.84. The minimum atomic E-state index is -0.855. The molecule has 0 aliphatic heterocycles. The summed E-state index contributed by atoms with van der Waals surface area (Å²) in [6, 6.07) is 8.56. The van der Waals surface area contributed by atoms with E-state index in [0.717, 1.165) is 24.1 Å². The summed E-state index contributed by atoms with van der Waals surface area (Å²) in [5, 5.41) is 12.4. The Morgan fingerprint density at radius 1 is 1.22 bits per heavy atom. The van der Waals surface area contributed by atoms with Gasteiger partial charge in [0.2, 0.25) is 0 Å². The lowest BCUT2D eigenvalue weighted by atomic mass is 10.1. The van der Waals surface area contributed by atoms with Crippen LogP contribution in [-0.4, -0.2) is 11.1 Å². The highest BCUT2D eigenvalue weighted by atomic mass is 127. The SMILES string of the molecule is O=C(O)C(NC1=CCC(I)=CC1)c1ccccc1. The van der Waals surface area contributed by atoms with Gasteiger partial charge in [-0.2, -0.15) is 0 Å². The van der Waals surface area contributed by atoms with Gasteiger partial charge in [-0.05, 0) is 38.2 Å². The average molecular weight is 355 g/mol. The molecular formula is C14H14INO2. The van der Waals surface area contributed by atoms with Crippen LogP contribution in [0.4, 0.5) is 0 Å². The maximum absolute atomic E-state index is 11.3. The van der Waals surface area contributed by atoms with Crippen LogP contribution in [0.1, 0.15) is 24.4 Å². The van der Waals surface area contributed by atoms with Gasteiger partial charge in [0.25, 0.3) is 0 Å². The second kappa shape index (κ2) is 6.04. The van der Waals surface area contributed by atoms with E-state index in [-0.39, 0.29) is 0 Å². The number of aliphatic carboxylic acids is 1. The van der Waals surface area contributed by atoms with E-state index in [0.29, 0.717) is 0 Å². The summed E-state index contributed by atoms with van der Waals surface area (Å²) in [7, 11) is 0. The molecule has 1 aliphatic carbocycles. The van der Waals surface area contributed by atoms with Crippen molar-refractivity contribution in [1.82, 2.24) is 5.32 Å². The number of hydrogen-bond acceptors (Lipinski definition) is 2. The third kappa shape index (κ3) is 3.35. The first kappa shape index (κ1) is 13.1. The summed E-state index contributed by atoms with van der Waals surface area (Å²) in [6.07, 6.45) is 5.83. The fourth-order valence-corrected chi connectivity index (χ4v) is 2.28. The van der Waals surface area contributed by atoms with Crippen molar-refractivity contribution >= 4 is 28.6 Å². The Morgan fingerprint density at radius 3 is 2.50 bits per heavy atom. The Balaban J connectivity index is 2.11. The molecule has 1 aromatic carbocycles. The quantitative estimate of drug-likeness (QED) is 0.814. The van der Waals surface area contributed by atoms with Crippen LogP contribution in [0.25, 0.3) is 0 Å². The Kier molecular flexibility index (Phi) is 4.41. The first-order valence-electron chi connectivity index (χ1n) is 5.74. The van der Waals surface area contributed by atoms with E-state index in [9.17, 15) is 9.90 Å². The topological polar surface area (TPSA) is 49.3 Å².